The molecule has 18 heteroatoms. The minimum absolute atomic E-state index is 0.0145. The number of fused-ring (bicyclic) bond motifs is 1. The van der Waals surface area contributed by atoms with Crippen LogP contribution in [-0.2, 0) is 35.3 Å². The van der Waals surface area contributed by atoms with E-state index in [9.17, 15) is 33.9 Å². The molecule has 0 saturated heterocycles. The number of nitrogens with one attached hydrogen (secondary N) is 5. The molecule has 0 spiro atoms. The number of amides is 5. The summed E-state index contributed by atoms with van der Waals surface area (Å²) < 4.78 is 6.22. The smallest absolute Gasteiger partial charge is 0.408 e. The summed E-state index contributed by atoms with van der Waals surface area (Å²) in [6, 6.07) is 10.5. The molecule has 16 nitrogen and oxygen atoms in total. The van der Waals surface area contributed by atoms with Crippen LogP contribution in [0.4, 0.5) is 10.5 Å². The quantitative estimate of drug-likeness (QED) is 0.0684. The topological polar surface area (TPSA) is 221 Å². The molecular weight excluding hydrogens is 833 g/mol. The van der Waals surface area contributed by atoms with E-state index in [0.717, 1.165) is 35.2 Å². The summed E-state index contributed by atoms with van der Waals surface area (Å²) in [5.41, 5.74) is 2.88. The lowest BCUT2D eigenvalue weighted by Gasteiger charge is -2.26. The fraction of sp³-hybridized carbons (Fsp3) is 0.455. The fourth-order valence-corrected chi connectivity index (χ4v) is 8.84. The largest absolute Gasteiger partial charge is 0.480 e. The number of aromatic nitrogens is 1. The van der Waals surface area contributed by atoms with E-state index < -0.39 is 54.0 Å². The van der Waals surface area contributed by atoms with Crippen molar-refractivity contribution in [2.45, 2.75) is 95.5 Å². The fourth-order valence-electron chi connectivity index (χ4n) is 6.74. The van der Waals surface area contributed by atoms with Gasteiger partial charge in [0, 0.05) is 24.9 Å². The Morgan fingerprint density at radius 3 is 2.31 bits per heavy atom. The highest BCUT2D eigenvalue weighted by Gasteiger charge is 2.31. The number of hydrogen-bond donors (Lipinski definition) is 6. The number of thiazole rings is 1. The van der Waals surface area contributed by atoms with Gasteiger partial charge in [-0.25, -0.2) is 14.6 Å². The minimum atomic E-state index is -1.04. The zero-order chi connectivity index (χ0) is 44.4. The molecule has 4 unspecified atom stereocenters. The molecule has 5 rings (SSSR count). The van der Waals surface area contributed by atoms with E-state index in [4.69, 9.17) is 4.74 Å². The summed E-state index contributed by atoms with van der Waals surface area (Å²) in [4.78, 5) is 89.3. The molecule has 62 heavy (non-hydrogen) atoms. The number of anilines is 1. The molecule has 2 heterocycles. The Balaban J connectivity index is 1.32. The first-order valence-corrected chi connectivity index (χ1v) is 22.6. The number of carboxylic acids is 1. The van der Waals surface area contributed by atoms with Gasteiger partial charge in [-0.1, -0.05) is 54.1 Å². The number of carbonyl (C=O) groups is 6. The van der Waals surface area contributed by atoms with Crippen LogP contribution in [0.1, 0.15) is 75.3 Å². The van der Waals surface area contributed by atoms with E-state index in [0.29, 0.717) is 59.2 Å². The molecular formula is C44H56N8O8S2. The first-order chi connectivity index (χ1) is 29.8. The summed E-state index contributed by atoms with van der Waals surface area (Å²) in [5, 5.41) is 24.7. The van der Waals surface area contributed by atoms with Crippen LogP contribution in [-0.4, -0.2) is 113 Å². The Kier molecular flexibility index (Phi) is 18.5. The Morgan fingerprint density at radius 1 is 0.903 bits per heavy atom. The molecule has 3 aromatic rings. The van der Waals surface area contributed by atoms with Crippen LogP contribution in [0.25, 0.3) is 10.2 Å². The lowest BCUT2D eigenvalue weighted by Crippen LogP contribution is -2.56. The molecule has 2 aromatic carbocycles. The molecule has 1 aromatic heterocycles. The van der Waals surface area contributed by atoms with Gasteiger partial charge in [0.15, 0.2) is 6.04 Å². The van der Waals surface area contributed by atoms with Crippen molar-refractivity contribution in [2.75, 3.05) is 38.3 Å². The molecule has 0 fully saturated rings. The van der Waals surface area contributed by atoms with Crippen molar-refractivity contribution in [1.82, 2.24) is 31.2 Å². The highest BCUT2D eigenvalue weighted by atomic mass is 32.2. The second-order valence-electron chi connectivity index (χ2n) is 15.4. The van der Waals surface area contributed by atoms with Crippen molar-refractivity contribution in [2.24, 2.45) is 4.99 Å². The van der Waals surface area contributed by atoms with Gasteiger partial charge in [0.25, 0.3) is 0 Å². The molecule has 0 bridgehead atoms. The van der Waals surface area contributed by atoms with Crippen LogP contribution < -0.4 is 26.6 Å². The van der Waals surface area contributed by atoms with Crippen molar-refractivity contribution in [3.63, 3.8) is 0 Å². The summed E-state index contributed by atoms with van der Waals surface area (Å²) in [5.74, 6) is -2.41. The molecule has 0 radical (unpaired) electrons. The highest BCUT2D eigenvalue weighted by molar-refractivity contribution is 8.15. The molecule has 0 saturated carbocycles. The van der Waals surface area contributed by atoms with Gasteiger partial charge in [-0.05, 0) is 102 Å². The number of ether oxygens (including phenoxy) is 1. The third-order valence-electron chi connectivity index (χ3n) is 10.1. The van der Waals surface area contributed by atoms with E-state index in [1.807, 2.05) is 67.6 Å². The van der Waals surface area contributed by atoms with Gasteiger partial charge in [0.05, 0.1) is 10.2 Å². The molecule has 332 valence electrons. The molecule has 1 aliphatic carbocycles. The maximum Gasteiger partial charge on any atom is 0.408 e. The second-order valence-corrected chi connectivity index (χ2v) is 17.5. The van der Waals surface area contributed by atoms with E-state index in [-0.39, 0.29) is 31.8 Å². The van der Waals surface area contributed by atoms with Crippen LogP contribution in [0.3, 0.4) is 0 Å². The third kappa shape index (κ3) is 15.4. The van der Waals surface area contributed by atoms with Gasteiger partial charge in [-0.15, -0.1) is 23.1 Å². The number of allylic oxidation sites excluding steroid dienone is 3. The molecule has 6 N–H and O–H groups in total. The van der Waals surface area contributed by atoms with Crippen LogP contribution in [0.15, 0.2) is 77.3 Å². The van der Waals surface area contributed by atoms with Crippen molar-refractivity contribution >= 4 is 79.7 Å². The zero-order valence-electron chi connectivity index (χ0n) is 35.3. The van der Waals surface area contributed by atoms with Crippen LogP contribution in [0, 0.1) is 0 Å². The summed E-state index contributed by atoms with van der Waals surface area (Å²) in [7, 11) is 3.91. The number of carbonyl (C=O) groups excluding carboxylic acids is 5. The van der Waals surface area contributed by atoms with Gasteiger partial charge in [0.1, 0.15) is 34.8 Å². The second kappa shape index (κ2) is 24.2. The van der Waals surface area contributed by atoms with E-state index in [1.165, 1.54) is 30.0 Å². The Bertz CT molecular complexity index is 2140. The normalized spacial score (nSPS) is 16.1. The average molecular weight is 889 g/mol. The van der Waals surface area contributed by atoms with Gasteiger partial charge < -0.3 is 41.3 Å². The third-order valence-corrected chi connectivity index (χ3v) is 12.3. The number of nitrogens with zero attached hydrogens (tertiary/aromatic N) is 3. The molecule has 4 atom stereocenters. The van der Waals surface area contributed by atoms with Gasteiger partial charge in [-0.2, -0.15) is 0 Å². The molecule has 2 aliphatic rings. The van der Waals surface area contributed by atoms with Gasteiger partial charge >= 0.3 is 12.1 Å². The molecule has 1 aliphatic heterocycles. The number of unbranched alkanes of at least 4 members (excludes halogenated alkanes) is 2. The number of alkyl carbamates (subject to hydrolysis) is 1. The number of rotatable bonds is 23. The summed E-state index contributed by atoms with van der Waals surface area (Å²) in [6.07, 6.45) is 9.74. The lowest BCUT2D eigenvalue weighted by molar-refractivity contribution is -0.137. The summed E-state index contributed by atoms with van der Waals surface area (Å²) >= 11 is 2.67. The van der Waals surface area contributed by atoms with Crippen molar-refractivity contribution in [3.05, 3.63) is 82.9 Å². The van der Waals surface area contributed by atoms with Crippen LogP contribution in [0.5, 0.6) is 0 Å². The number of aliphatic imine (C=N–C) groups is 1. The number of thioether (sulfide) groups is 1. The van der Waals surface area contributed by atoms with E-state index >= 15 is 0 Å². The van der Waals surface area contributed by atoms with Crippen molar-refractivity contribution in [3.8, 4) is 0 Å². The molecule has 5 amide bonds. The number of carboxylic acid groups (broad SMARTS) is 1. The Morgan fingerprint density at radius 2 is 1.63 bits per heavy atom. The van der Waals surface area contributed by atoms with E-state index in [2.05, 4.69) is 36.6 Å². The van der Waals surface area contributed by atoms with Gasteiger partial charge in [0.2, 0.25) is 23.6 Å². The predicted molar refractivity (Wildman–Crippen MR) is 242 cm³/mol. The maximum atomic E-state index is 14.3. The summed E-state index contributed by atoms with van der Waals surface area (Å²) in [6.45, 7) is 2.61. The number of benzene rings is 2. The zero-order valence-corrected chi connectivity index (χ0v) is 36.9. The first-order valence-electron chi connectivity index (χ1n) is 20.8. The van der Waals surface area contributed by atoms with Crippen molar-refractivity contribution < 1.29 is 38.6 Å². The Hall–Kier alpha value is -5.59. The number of aliphatic carboxylic acids is 1. The van der Waals surface area contributed by atoms with Crippen LogP contribution >= 0.6 is 23.1 Å². The van der Waals surface area contributed by atoms with Crippen molar-refractivity contribution in [1.29, 1.82) is 0 Å². The number of hydrogen-bond acceptors (Lipinski definition) is 12. The van der Waals surface area contributed by atoms with E-state index in [1.54, 1.807) is 18.2 Å². The lowest BCUT2D eigenvalue weighted by atomic mass is 9.97. The minimum Gasteiger partial charge on any atom is -0.480 e. The highest BCUT2D eigenvalue weighted by Crippen LogP contribution is 2.31. The Labute approximate surface area is 369 Å². The monoisotopic (exact) mass is 888 g/mol. The maximum absolute atomic E-state index is 14.3. The predicted octanol–water partition coefficient (Wildman–Crippen LogP) is 5.15. The standard InChI is InChI=1S/C44H56N8O8S2/c1-28(53)45-22-12-10-18-33(38(54)46-31-20-21-32-37(25-31)62-42(49-32)41-50-36(27-61-41)43(57)58)47-39(55)34(19-11-13-23-52(2)3)48-40(56)35(24-29-14-6-4-7-15-29)51-44(59)60-26-30-16-8-5-9-17-30/h4-6,8-9,14,16-17,20-21,25,33-36H,7,10-13,15,18-19,22-24,26-27H2,1-3H3,(H,45,53)(H,46,54)(H,47,55)(H,48,56)(H,51,59)(H,57,58). The SMILES string of the molecule is CC(=O)NCCCCC(NC(=O)C(CCCCN(C)C)NC(=O)C(CC1=CC=CCC1)NC(=O)OCc1ccccc1)C(=O)Nc1ccc2nc(C3=NC(C(=O)O)CS3)sc2c1. The average Bonchev–Trinajstić information content (AvgIpc) is 3.92. The first kappa shape index (κ1) is 47.5. The van der Waals surface area contributed by atoms with Crippen LogP contribution in [0.2, 0.25) is 0 Å². The van der Waals surface area contributed by atoms with Gasteiger partial charge in [-0.3, -0.25) is 24.2 Å².